The maximum atomic E-state index is 11.9. The van der Waals surface area contributed by atoms with E-state index in [2.05, 4.69) is 22.9 Å². The van der Waals surface area contributed by atoms with E-state index in [-0.39, 0.29) is 36.8 Å². The molecule has 3 rings (SSSR count). The standard InChI is InChI=1S/C18H23N3O.2ClH/c1-3-6-17(20-11-9-19-10-12-20)16-13-21(14(2)22)18-8-5-4-7-15(16)18;;/h3-5,7-8,13,17,19H,1,6,9-12H2,2H3;2*1H/t17-;;/m1../s1. The minimum Gasteiger partial charge on any atom is -0.314 e. The summed E-state index contributed by atoms with van der Waals surface area (Å²) in [6, 6.07) is 8.44. The van der Waals surface area contributed by atoms with Crippen LogP contribution in [0, 0.1) is 0 Å². The second-order valence-electron chi connectivity index (χ2n) is 5.82. The number of benzene rings is 1. The molecule has 6 heteroatoms. The van der Waals surface area contributed by atoms with Crippen molar-refractivity contribution in [3.05, 3.63) is 48.7 Å². The van der Waals surface area contributed by atoms with Gasteiger partial charge in [-0.3, -0.25) is 14.3 Å². The Bertz CT molecular complexity index is 693. The lowest BCUT2D eigenvalue weighted by Crippen LogP contribution is -2.45. The molecule has 0 saturated carbocycles. The maximum absolute atomic E-state index is 11.9. The van der Waals surface area contributed by atoms with E-state index >= 15 is 0 Å². The van der Waals surface area contributed by atoms with Crippen LogP contribution in [-0.4, -0.2) is 41.6 Å². The van der Waals surface area contributed by atoms with Gasteiger partial charge < -0.3 is 5.32 Å². The topological polar surface area (TPSA) is 37.3 Å². The molecule has 1 aromatic carbocycles. The van der Waals surface area contributed by atoms with Crippen molar-refractivity contribution in [2.45, 2.75) is 19.4 Å². The van der Waals surface area contributed by atoms with Crippen molar-refractivity contribution < 1.29 is 4.79 Å². The third-order valence-electron chi connectivity index (χ3n) is 4.42. The first-order valence-corrected chi connectivity index (χ1v) is 7.89. The van der Waals surface area contributed by atoms with Crippen LogP contribution in [0.4, 0.5) is 0 Å². The van der Waals surface area contributed by atoms with Gasteiger partial charge in [-0.05, 0) is 18.1 Å². The molecule has 1 saturated heterocycles. The van der Waals surface area contributed by atoms with Crippen LogP contribution in [0.3, 0.4) is 0 Å². The lowest BCUT2D eigenvalue weighted by atomic mass is 10.0. The highest BCUT2D eigenvalue weighted by molar-refractivity contribution is 5.93. The number of nitrogens with one attached hydrogen (secondary N) is 1. The predicted molar refractivity (Wildman–Crippen MR) is 105 cm³/mol. The second-order valence-corrected chi connectivity index (χ2v) is 5.82. The molecule has 0 spiro atoms. The summed E-state index contributed by atoms with van der Waals surface area (Å²) in [7, 11) is 0. The number of carbonyl (C=O) groups is 1. The van der Waals surface area contributed by atoms with E-state index in [0.717, 1.165) is 38.1 Å². The molecule has 0 bridgehead atoms. The van der Waals surface area contributed by atoms with Crippen LogP contribution in [0.2, 0.25) is 0 Å². The zero-order chi connectivity index (χ0) is 15.5. The molecule has 4 nitrogen and oxygen atoms in total. The first-order valence-electron chi connectivity index (χ1n) is 7.89. The van der Waals surface area contributed by atoms with Crippen molar-refractivity contribution in [2.75, 3.05) is 26.2 Å². The molecule has 1 atom stereocenters. The highest BCUT2D eigenvalue weighted by Crippen LogP contribution is 2.32. The number of rotatable bonds is 4. The Labute approximate surface area is 155 Å². The van der Waals surface area contributed by atoms with Gasteiger partial charge in [0.05, 0.1) is 5.52 Å². The van der Waals surface area contributed by atoms with E-state index in [1.807, 2.05) is 30.5 Å². The second kappa shape index (κ2) is 9.23. The lowest BCUT2D eigenvalue weighted by Gasteiger charge is -2.34. The largest absolute Gasteiger partial charge is 0.314 e. The van der Waals surface area contributed by atoms with Gasteiger partial charge in [-0.15, -0.1) is 31.4 Å². The zero-order valence-electron chi connectivity index (χ0n) is 13.9. The minimum atomic E-state index is 0. The molecule has 1 N–H and O–H groups in total. The van der Waals surface area contributed by atoms with Crippen LogP contribution in [0.15, 0.2) is 43.1 Å². The van der Waals surface area contributed by atoms with Gasteiger partial charge in [0.2, 0.25) is 5.91 Å². The Balaban J connectivity index is 0.00000144. The SMILES string of the molecule is C=CC[C@H](c1cn(C(C)=O)c2ccccc12)N1CCNCC1.Cl.Cl. The molecule has 0 amide bonds. The van der Waals surface area contributed by atoms with Gasteiger partial charge in [0.1, 0.15) is 0 Å². The van der Waals surface area contributed by atoms with E-state index in [1.54, 1.807) is 11.5 Å². The first kappa shape index (κ1) is 20.7. The quantitative estimate of drug-likeness (QED) is 0.835. The molecule has 0 unspecified atom stereocenters. The summed E-state index contributed by atoms with van der Waals surface area (Å²) in [6.07, 6.45) is 4.89. The van der Waals surface area contributed by atoms with Crippen molar-refractivity contribution in [3.8, 4) is 0 Å². The molecule has 2 aromatic rings. The summed E-state index contributed by atoms with van der Waals surface area (Å²) in [4.78, 5) is 14.4. The van der Waals surface area contributed by atoms with E-state index < -0.39 is 0 Å². The van der Waals surface area contributed by atoms with Crippen molar-refractivity contribution in [2.24, 2.45) is 0 Å². The van der Waals surface area contributed by atoms with Gasteiger partial charge in [-0.1, -0.05) is 24.3 Å². The van der Waals surface area contributed by atoms with Crippen LogP contribution in [0.1, 0.15) is 29.7 Å². The fourth-order valence-corrected chi connectivity index (χ4v) is 3.36. The molecule has 0 radical (unpaired) electrons. The molecule has 0 aliphatic carbocycles. The summed E-state index contributed by atoms with van der Waals surface area (Å²) in [5.74, 6) is 0.0557. The van der Waals surface area contributed by atoms with Crippen molar-refractivity contribution in [1.29, 1.82) is 0 Å². The molecule has 1 aliphatic rings. The van der Waals surface area contributed by atoms with Gasteiger partial charge in [0, 0.05) is 50.7 Å². The van der Waals surface area contributed by atoms with Crippen LogP contribution >= 0.6 is 24.8 Å². The van der Waals surface area contributed by atoms with E-state index in [0.29, 0.717) is 0 Å². The number of nitrogens with zero attached hydrogens (tertiary/aromatic N) is 2. The van der Waals surface area contributed by atoms with Gasteiger partial charge in [-0.2, -0.15) is 0 Å². The maximum Gasteiger partial charge on any atom is 0.227 e. The minimum absolute atomic E-state index is 0. The molecular formula is C18H25Cl2N3O. The van der Waals surface area contributed by atoms with E-state index in [1.165, 1.54) is 10.9 Å². The Kier molecular flexibility index (Phi) is 7.97. The van der Waals surface area contributed by atoms with Gasteiger partial charge in [0.15, 0.2) is 0 Å². The molecule has 1 aliphatic heterocycles. The van der Waals surface area contributed by atoms with Crippen LogP contribution in [0.5, 0.6) is 0 Å². The Hall–Kier alpha value is -1.33. The Morgan fingerprint density at radius 1 is 1.29 bits per heavy atom. The number of fused-ring (bicyclic) bond motifs is 1. The third kappa shape index (κ3) is 4.01. The summed E-state index contributed by atoms with van der Waals surface area (Å²) < 4.78 is 1.77. The van der Waals surface area contributed by atoms with Crippen molar-refractivity contribution in [3.63, 3.8) is 0 Å². The number of para-hydroxylation sites is 1. The molecular weight excluding hydrogens is 345 g/mol. The number of hydrogen-bond acceptors (Lipinski definition) is 3. The van der Waals surface area contributed by atoms with Gasteiger partial charge >= 0.3 is 0 Å². The fraction of sp³-hybridized carbons (Fsp3) is 0.389. The molecule has 24 heavy (non-hydrogen) atoms. The van der Waals surface area contributed by atoms with Gasteiger partial charge in [-0.25, -0.2) is 0 Å². The third-order valence-corrected chi connectivity index (χ3v) is 4.42. The molecule has 132 valence electrons. The number of carbonyl (C=O) groups excluding carboxylic acids is 1. The Morgan fingerprint density at radius 3 is 2.58 bits per heavy atom. The van der Waals surface area contributed by atoms with Crippen molar-refractivity contribution in [1.82, 2.24) is 14.8 Å². The summed E-state index contributed by atoms with van der Waals surface area (Å²) in [5.41, 5.74) is 2.22. The Morgan fingerprint density at radius 2 is 1.96 bits per heavy atom. The fourth-order valence-electron chi connectivity index (χ4n) is 3.36. The monoisotopic (exact) mass is 369 g/mol. The van der Waals surface area contributed by atoms with Crippen molar-refractivity contribution >= 4 is 41.6 Å². The van der Waals surface area contributed by atoms with Crippen LogP contribution in [0.25, 0.3) is 10.9 Å². The summed E-state index contributed by atoms with van der Waals surface area (Å²) >= 11 is 0. The first-order chi connectivity index (χ1) is 10.7. The summed E-state index contributed by atoms with van der Waals surface area (Å²) in [5, 5.41) is 4.57. The summed E-state index contributed by atoms with van der Waals surface area (Å²) in [6.45, 7) is 9.62. The smallest absolute Gasteiger partial charge is 0.227 e. The van der Waals surface area contributed by atoms with Crippen LogP contribution < -0.4 is 5.32 Å². The molecule has 1 fully saturated rings. The average molecular weight is 370 g/mol. The number of aromatic nitrogens is 1. The highest BCUT2D eigenvalue weighted by atomic mass is 35.5. The zero-order valence-corrected chi connectivity index (χ0v) is 15.5. The van der Waals surface area contributed by atoms with Gasteiger partial charge in [0.25, 0.3) is 0 Å². The lowest BCUT2D eigenvalue weighted by molar-refractivity contribution is 0.0941. The average Bonchev–Trinajstić information content (AvgIpc) is 2.93. The van der Waals surface area contributed by atoms with E-state index in [9.17, 15) is 4.79 Å². The van der Waals surface area contributed by atoms with E-state index in [4.69, 9.17) is 0 Å². The number of hydrogen-bond donors (Lipinski definition) is 1. The highest BCUT2D eigenvalue weighted by Gasteiger charge is 2.24. The molecule has 1 aromatic heterocycles. The number of halogens is 2. The number of piperazine rings is 1. The van der Waals surface area contributed by atoms with Crippen LogP contribution in [-0.2, 0) is 0 Å². The molecule has 2 heterocycles. The predicted octanol–water partition coefficient (Wildman–Crippen LogP) is 3.67. The normalized spacial score (nSPS) is 16.0.